The van der Waals surface area contributed by atoms with Crippen molar-refractivity contribution in [2.75, 3.05) is 6.54 Å². The molecule has 2 rings (SSSR count). The highest BCUT2D eigenvalue weighted by atomic mass is 79.9. The van der Waals surface area contributed by atoms with E-state index in [-0.39, 0.29) is 6.04 Å². The molecule has 21 heavy (non-hydrogen) atoms. The van der Waals surface area contributed by atoms with Gasteiger partial charge in [-0.05, 0) is 67.4 Å². The standard InChI is InChI=1S/C17H23BrN2O/c1-5-8-19-16(9-15-7-6-14(18)10-20-15)17-11(2)12(3)21-13(17)4/h6-7,10,16,19H,5,8-9H2,1-4H3. The van der Waals surface area contributed by atoms with Gasteiger partial charge in [-0.25, -0.2) is 0 Å². The molecule has 0 saturated heterocycles. The van der Waals surface area contributed by atoms with Crippen LogP contribution in [0, 0.1) is 20.8 Å². The molecule has 0 aromatic carbocycles. The van der Waals surface area contributed by atoms with E-state index in [1.54, 1.807) is 0 Å². The van der Waals surface area contributed by atoms with E-state index >= 15 is 0 Å². The lowest BCUT2D eigenvalue weighted by atomic mass is 9.97. The molecule has 0 spiro atoms. The van der Waals surface area contributed by atoms with E-state index in [1.807, 2.05) is 26.1 Å². The van der Waals surface area contributed by atoms with E-state index in [0.29, 0.717) is 0 Å². The number of furan rings is 1. The Hall–Kier alpha value is -1.13. The first-order chi connectivity index (χ1) is 10.0. The summed E-state index contributed by atoms with van der Waals surface area (Å²) in [5.41, 5.74) is 3.62. The number of aryl methyl sites for hydroxylation is 2. The second-order valence-corrected chi connectivity index (χ2v) is 6.35. The van der Waals surface area contributed by atoms with Gasteiger partial charge in [0, 0.05) is 34.4 Å². The van der Waals surface area contributed by atoms with Gasteiger partial charge in [0.15, 0.2) is 0 Å². The first-order valence-electron chi connectivity index (χ1n) is 7.43. The van der Waals surface area contributed by atoms with Crippen molar-refractivity contribution < 1.29 is 4.42 Å². The predicted octanol–water partition coefficient (Wildman–Crippen LogP) is 4.65. The maximum atomic E-state index is 5.80. The van der Waals surface area contributed by atoms with Gasteiger partial charge in [0.25, 0.3) is 0 Å². The summed E-state index contributed by atoms with van der Waals surface area (Å²) in [6.45, 7) is 9.38. The summed E-state index contributed by atoms with van der Waals surface area (Å²) in [6, 6.07) is 4.36. The minimum Gasteiger partial charge on any atom is -0.466 e. The molecule has 2 aromatic rings. The minimum atomic E-state index is 0.246. The van der Waals surface area contributed by atoms with Gasteiger partial charge in [0.2, 0.25) is 0 Å². The fourth-order valence-electron chi connectivity index (χ4n) is 2.65. The number of pyridine rings is 1. The van der Waals surface area contributed by atoms with Crippen molar-refractivity contribution in [2.24, 2.45) is 0 Å². The topological polar surface area (TPSA) is 38.1 Å². The largest absolute Gasteiger partial charge is 0.466 e. The molecule has 1 unspecified atom stereocenters. The maximum Gasteiger partial charge on any atom is 0.106 e. The Morgan fingerprint density at radius 2 is 2.00 bits per heavy atom. The van der Waals surface area contributed by atoms with Gasteiger partial charge >= 0.3 is 0 Å². The van der Waals surface area contributed by atoms with Crippen LogP contribution < -0.4 is 5.32 Å². The molecule has 1 N–H and O–H groups in total. The first-order valence-corrected chi connectivity index (χ1v) is 8.22. The van der Waals surface area contributed by atoms with E-state index in [4.69, 9.17) is 4.42 Å². The number of nitrogens with zero attached hydrogens (tertiary/aromatic N) is 1. The molecule has 114 valence electrons. The summed E-state index contributed by atoms with van der Waals surface area (Å²) in [5, 5.41) is 3.63. The quantitative estimate of drug-likeness (QED) is 0.824. The lowest BCUT2D eigenvalue weighted by Crippen LogP contribution is -2.25. The molecule has 2 heterocycles. The normalized spacial score (nSPS) is 12.6. The molecular weight excluding hydrogens is 328 g/mol. The molecule has 0 bridgehead atoms. The zero-order valence-electron chi connectivity index (χ0n) is 13.2. The number of hydrogen-bond donors (Lipinski definition) is 1. The van der Waals surface area contributed by atoms with Gasteiger partial charge in [0.1, 0.15) is 11.5 Å². The fraction of sp³-hybridized carbons (Fsp3) is 0.471. The summed E-state index contributed by atoms with van der Waals surface area (Å²) >= 11 is 3.43. The molecule has 0 aliphatic heterocycles. The van der Waals surface area contributed by atoms with Crippen LogP contribution in [-0.2, 0) is 6.42 Å². The molecule has 2 aromatic heterocycles. The van der Waals surface area contributed by atoms with Crippen molar-refractivity contribution in [3.63, 3.8) is 0 Å². The summed E-state index contributed by atoms with van der Waals surface area (Å²) in [7, 11) is 0. The van der Waals surface area contributed by atoms with Crippen LogP contribution in [0.3, 0.4) is 0 Å². The van der Waals surface area contributed by atoms with Crippen molar-refractivity contribution in [1.82, 2.24) is 10.3 Å². The van der Waals surface area contributed by atoms with Crippen LogP contribution in [0.4, 0.5) is 0 Å². The zero-order chi connectivity index (χ0) is 15.4. The van der Waals surface area contributed by atoms with Crippen LogP contribution in [-0.4, -0.2) is 11.5 Å². The van der Waals surface area contributed by atoms with E-state index in [2.05, 4.69) is 46.1 Å². The van der Waals surface area contributed by atoms with Crippen molar-refractivity contribution >= 4 is 15.9 Å². The maximum absolute atomic E-state index is 5.80. The summed E-state index contributed by atoms with van der Waals surface area (Å²) in [5.74, 6) is 2.02. The monoisotopic (exact) mass is 350 g/mol. The van der Waals surface area contributed by atoms with Crippen LogP contribution in [0.15, 0.2) is 27.2 Å². The molecule has 0 saturated carbocycles. The van der Waals surface area contributed by atoms with Crippen LogP contribution in [0.25, 0.3) is 0 Å². The lowest BCUT2D eigenvalue weighted by Gasteiger charge is -2.19. The number of halogens is 1. The highest BCUT2D eigenvalue weighted by molar-refractivity contribution is 9.10. The van der Waals surface area contributed by atoms with E-state index < -0.39 is 0 Å². The molecule has 3 nitrogen and oxygen atoms in total. The molecule has 0 radical (unpaired) electrons. The Bertz CT molecular complexity index is 590. The Morgan fingerprint density at radius 1 is 1.24 bits per heavy atom. The molecule has 1 atom stereocenters. The SMILES string of the molecule is CCCNC(Cc1ccc(Br)cn1)c1c(C)oc(C)c1C. The van der Waals surface area contributed by atoms with Gasteiger partial charge in [-0.1, -0.05) is 6.92 Å². The summed E-state index contributed by atoms with van der Waals surface area (Å²) in [6.07, 6.45) is 3.83. The Kier molecular flexibility index (Phi) is 5.59. The van der Waals surface area contributed by atoms with E-state index in [9.17, 15) is 0 Å². The second kappa shape index (κ2) is 7.23. The van der Waals surface area contributed by atoms with E-state index in [0.717, 1.165) is 41.1 Å². The molecule has 4 heteroatoms. The average molecular weight is 351 g/mol. The Balaban J connectivity index is 2.27. The Morgan fingerprint density at radius 3 is 2.52 bits per heavy atom. The van der Waals surface area contributed by atoms with Gasteiger partial charge < -0.3 is 9.73 Å². The number of rotatable bonds is 6. The smallest absolute Gasteiger partial charge is 0.106 e. The third-order valence-electron chi connectivity index (χ3n) is 3.81. The van der Waals surface area contributed by atoms with Crippen molar-refractivity contribution in [3.8, 4) is 0 Å². The number of aromatic nitrogens is 1. The van der Waals surface area contributed by atoms with E-state index in [1.165, 1.54) is 11.1 Å². The molecule has 0 fully saturated rings. The van der Waals surface area contributed by atoms with Crippen molar-refractivity contribution in [2.45, 2.75) is 46.6 Å². The van der Waals surface area contributed by atoms with Crippen molar-refractivity contribution in [1.29, 1.82) is 0 Å². The number of nitrogens with one attached hydrogen (secondary N) is 1. The third-order valence-corrected chi connectivity index (χ3v) is 4.28. The zero-order valence-corrected chi connectivity index (χ0v) is 14.8. The van der Waals surface area contributed by atoms with Crippen LogP contribution in [0.5, 0.6) is 0 Å². The molecule has 0 amide bonds. The molecule has 0 aliphatic rings. The van der Waals surface area contributed by atoms with Crippen molar-refractivity contribution in [3.05, 3.63) is 51.1 Å². The molecular formula is C17H23BrN2O. The van der Waals surface area contributed by atoms with Gasteiger partial charge in [-0.15, -0.1) is 0 Å². The highest BCUT2D eigenvalue weighted by Gasteiger charge is 2.21. The lowest BCUT2D eigenvalue weighted by molar-refractivity contribution is 0.478. The average Bonchev–Trinajstić information content (AvgIpc) is 2.71. The first kappa shape index (κ1) is 16.2. The van der Waals surface area contributed by atoms with Crippen LogP contribution in [0.1, 0.15) is 47.7 Å². The van der Waals surface area contributed by atoms with Crippen LogP contribution >= 0.6 is 15.9 Å². The predicted molar refractivity (Wildman–Crippen MR) is 89.6 cm³/mol. The van der Waals surface area contributed by atoms with Gasteiger partial charge in [0.05, 0.1) is 0 Å². The number of hydrogen-bond acceptors (Lipinski definition) is 3. The minimum absolute atomic E-state index is 0.246. The third kappa shape index (κ3) is 3.95. The fourth-order valence-corrected chi connectivity index (χ4v) is 2.89. The summed E-state index contributed by atoms with van der Waals surface area (Å²) in [4.78, 5) is 4.50. The summed E-state index contributed by atoms with van der Waals surface area (Å²) < 4.78 is 6.81. The Labute approximate surface area is 135 Å². The van der Waals surface area contributed by atoms with Crippen LogP contribution in [0.2, 0.25) is 0 Å². The molecule has 0 aliphatic carbocycles. The van der Waals surface area contributed by atoms with Gasteiger partial charge in [-0.3, -0.25) is 4.98 Å². The second-order valence-electron chi connectivity index (χ2n) is 5.43. The van der Waals surface area contributed by atoms with Gasteiger partial charge in [-0.2, -0.15) is 0 Å². The highest BCUT2D eigenvalue weighted by Crippen LogP contribution is 2.29.